The molecule has 1 atom stereocenters. The summed E-state index contributed by atoms with van der Waals surface area (Å²) in [4.78, 5) is 10.4. The maximum Gasteiger partial charge on any atom is 0.138 e. The summed E-state index contributed by atoms with van der Waals surface area (Å²) in [5, 5.41) is 0.641. The van der Waals surface area contributed by atoms with E-state index in [1.165, 1.54) is 0 Å². The van der Waals surface area contributed by atoms with Crippen molar-refractivity contribution in [2.45, 2.75) is 38.2 Å². The molecule has 0 spiro atoms. The predicted octanol–water partition coefficient (Wildman–Crippen LogP) is 3.57. The standard InChI is InChI=1S/C13H15ClO2/c1-9(6-7-15)10-2-5-13(12(14)8-10)16-11-3-4-11/h2,5,7-9,11H,3-4,6H2,1H3. The van der Waals surface area contributed by atoms with Gasteiger partial charge in [-0.1, -0.05) is 24.6 Å². The summed E-state index contributed by atoms with van der Waals surface area (Å²) >= 11 is 6.13. The zero-order valence-electron chi connectivity index (χ0n) is 9.28. The van der Waals surface area contributed by atoms with Gasteiger partial charge >= 0.3 is 0 Å². The summed E-state index contributed by atoms with van der Waals surface area (Å²) in [6, 6.07) is 5.78. The van der Waals surface area contributed by atoms with Gasteiger partial charge in [0.25, 0.3) is 0 Å². The molecule has 1 fully saturated rings. The Morgan fingerprint density at radius 3 is 2.88 bits per heavy atom. The molecule has 0 amide bonds. The lowest BCUT2D eigenvalue weighted by atomic mass is 9.98. The molecular weight excluding hydrogens is 224 g/mol. The Morgan fingerprint density at radius 1 is 1.56 bits per heavy atom. The van der Waals surface area contributed by atoms with Crippen LogP contribution in [-0.2, 0) is 4.79 Å². The number of benzene rings is 1. The zero-order valence-corrected chi connectivity index (χ0v) is 10.0. The predicted molar refractivity (Wildman–Crippen MR) is 64.2 cm³/mol. The fourth-order valence-corrected chi connectivity index (χ4v) is 1.80. The van der Waals surface area contributed by atoms with Crippen LogP contribution in [-0.4, -0.2) is 12.4 Å². The lowest BCUT2D eigenvalue weighted by Gasteiger charge is -2.11. The van der Waals surface area contributed by atoms with Gasteiger partial charge in [0.15, 0.2) is 0 Å². The highest BCUT2D eigenvalue weighted by Crippen LogP contribution is 2.34. The summed E-state index contributed by atoms with van der Waals surface area (Å²) in [7, 11) is 0. The van der Waals surface area contributed by atoms with E-state index in [1.54, 1.807) is 0 Å². The molecule has 1 aromatic rings. The molecule has 0 heterocycles. The fourth-order valence-electron chi connectivity index (χ4n) is 1.57. The molecule has 0 aromatic heterocycles. The molecule has 0 aliphatic heterocycles. The second-order valence-corrected chi connectivity index (χ2v) is 4.72. The van der Waals surface area contributed by atoms with E-state index in [0.717, 1.165) is 30.4 Å². The van der Waals surface area contributed by atoms with Gasteiger partial charge in [0, 0.05) is 6.42 Å². The first-order valence-corrected chi connectivity index (χ1v) is 5.98. The van der Waals surface area contributed by atoms with E-state index in [-0.39, 0.29) is 5.92 Å². The normalized spacial score (nSPS) is 16.9. The smallest absolute Gasteiger partial charge is 0.138 e. The minimum absolute atomic E-state index is 0.213. The van der Waals surface area contributed by atoms with Gasteiger partial charge in [-0.2, -0.15) is 0 Å². The van der Waals surface area contributed by atoms with E-state index in [9.17, 15) is 4.79 Å². The molecule has 0 saturated heterocycles. The number of aldehydes is 1. The number of hydrogen-bond acceptors (Lipinski definition) is 2. The van der Waals surface area contributed by atoms with Gasteiger partial charge in [0.1, 0.15) is 12.0 Å². The number of ether oxygens (including phenoxy) is 1. The minimum Gasteiger partial charge on any atom is -0.489 e. The Labute approximate surface area is 101 Å². The van der Waals surface area contributed by atoms with Crippen molar-refractivity contribution in [2.75, 3.05) is 0 Å². The van der Waals surface area contributed by atoms with E-state index < -0.39 is 0 Å². The van der Waals surface area contributed by atoms with Crippen LogP contribution in [0.15, 0.2) is 18.2 Å². The van der Waals surface area contributed by atoms with Crippen LogP contribution < -0.4 is 4.74 Å². The van der Waals surface area contributed by atoms with Crippen molar-refractivity contribution >= 4 is 17.9 Å². The first kappa shape index (κ1) is 11.5. The monoisotopic (exact) mass is 238 g/mol. The van der Waals surface area contributed by atoms with E-state index in [2.05, 4.69) is 0 Å². The maximum absolute atomic E-state index is 10.4. The van der Waals surface area contributed by atoms with Crippen LogP contribution in [0.3, 0.4) is 0 Å². The minimum atomic E-state index is 0.213. The molecule has 2 nitrogen and oxygen atoms in total. The molecule has 0 radical (unpaired) electrons. The van der Waals surface area contributed by atoms with Crippen molar-refractivity contribution in [1.29, 1.82) is 0 Å². The van der Waals surface area contributed by atoms with Gasteiger partial charge in [-0.3, -0.25) is 0 Å². The van der Waals surface area contributed by atoms with Gasteiger partial charge in [0.05, 0.1) is 11.1 Å². The van der Waals surface area contributed by atoms with Crippen molar-refractivity contribution < 1.29 is 9.53 Å². The largest absolute Gasteiger partial charge is 0.489 e. The molecular formula is C13H15ClO2. The molecule has 86 valence electrons. The maximum atomic E-state index is 10.4. The second-order valence-electron chi connectivity index (χ2n) is 4.31. The highest BCUT2D eigenvalue weighted by molar-refractivity contribution is 6.32. The van der Waals surface area contributed by atoms with Crippen LogP contribution in [0.4, 0.5) is 0 Å². The first-order chi connectivity index (χ1) is 7.70. The van der Waals surface area contributed by atoms with Gasteiger partial charge in [-0.25, -0.2) is 0 Å². The molecule has 3 heteroatoms. The van der Waals surface area contributed by atoms with Gasteiger partial charge in [-0.05, 0) is 36.5 Å². The van der Waals surface area contributed by atoms with Crippen molar-refractivity contribution in [3.63, 3.8) is 0 Å². The summed E-state index contributed by atoms with van der Waals surface area (Å²) in [6.45, 7) is 2.02. The van der Waals surface area contributed by atoms with E-state index >= 15 is 0 Å². The zero-order chi connectivity index (χ0) is 11.5. The average Bonchev–Trinajstić information content (AvgIpc) is 3.05. The quantitative estimate of drug-likeness (QED) is 0.733. The topological polar surface area (TPSA) is 26.3 Å². The van der Waals surface area contributed by atoms with Crippen LogP contribution >= 0.6 is 11.6 Å². The summed E-state index contributed by atoms with van der Waals surface area (Å²) in [5.74, 6) is 0.969. The highest BCUT2D eigenvalue weighted by atomic mass is 35.5. The van der Waals surface area contributed by atoms with Crippen LogP contribution in [0.5, 0.6) is 5.75 Å². The Bertz CT molecular complexity index is 386. The average molecular weight is 239 g/mol. The van der Waals surface area contributed by atoms with E-state index in [1.807, 2.05) is 25.1 Å². The van der Waals surface area contributed by atoms with Gasteiger partial charge < -0.3 is 9.53 Å². The van der Waals surface area contributed by atoms with Crippen molar-refractivity contribution in [1.82, 2.24) is 0 Å². The van der Waals surface area contributed by atoms with Crippen molar-refractivity contribution in [2.24, 2.45) is 0 Å². The third-order valence-corrected chi connectivity index (χ3v) is 3.09. The Hall–Kier alpha value is -1.02. The highest BCUT2D eigenvalue weighted by Gasteiger charge is 2.24. The van der Waals surface area contributed by atoms with Crippen LogP contribution in [0.1, 0.15) is 37.7 Å². The lowest BCUT2D eigenvalue weighted by molar-refractivity contribution is -0.108. The molecule has 1 saturated carbocycles. The number of carbonyl (C=O) groups is 1. The molecule has 16 heavy (non-hydrogen) atoms. The SMILES string of the molecule is CC(CC=O)c1ccc(OC2CC2)c(Cl)c1. The summed E-state index contributed by atoms with van der Waals surface area (Å²) in [5.41, 5.74) is 1.08. The van der Waals surface area contributed by atoms with Crippen molar-refractivity contribution in [3.05, 3.63) is 28.8 Å². The molecule has 1 aliphatic carbocycles. The van der Waals surface area contributed by atoms with Crippen LogP contribution in [0, 0.1) is 0 Å². The summed E-state index contributed by atoms with van der Waals surface area (Å²) in [6.07, 6.45) is 4.07. The molecule has 2 rings (SSSR count). The Morgan fingerprint density at radius 2 is 2.31 bits per heavy atom. The Kier molecular flexibility index (Phi) is 3.49. The van der Waals surface area contributed by atoms with Crippen molar-refractivity contribution in [3.8, 4) is 5.75 Å². The molecule has 1 aliphatic rings. The van der Waals surface area contributed by atoms with Gasteiger partial charge in [0.2, 0.25) is 0 Å². The van der Waals surface area contributed by atoms with Crippen LogP contribution in [0.2, 0.25) is 5.02 Å². The number of carbonyl (C=O) groups excluding carboxylic acids is 1. The van der Waals surface area contributed by atoms with E-state index in [4.69, 9.17) is 16.3 Å². The molecule has 1 aromatic carbocycles. The van der Waals surface area contributed by atoms with Gasteiger partial charge in [-0.15, -0.1) is 0 Å². The first-order valence-electron chi connectivity index (χ1n) is 5.60. The third kappa shape index (κ3) is 2.76. The fraction of sp³-hybridized carbons (Fsp3) is 0.462. The third-order valence-electron chi connectivity index (χ3n) is 2.79. The molecule has 0 bridgehead atoms. The molecule has 0 N–H and O–H groups in total. The number of halogens is 1. The number of hydrogen-bond donors (Lipinski definition) is 0. The van der Waals surface area contributed by atoms with E-state index in [0.29, 0.717) is 17.5 Å². The Balaban J connectivity index is 2.10. The summed E-state index contributed by atoms with van der Waals surface area (Å²) < 4.78 is 5.65. The number of rotatable bonds is 5. The van der Waals surface area contributed by atoms with Crippen LogP contribution in [0.25, 0.3) is 0 Å². The molecule has 1 unspecified atom stereocenters. The second kappa shape index (κ2) is 4.88. The lowest BCUT2D eigenvalue weighted by Crippen LogP contribution is -1.98.